The number of hydrogen-bond acceptors (Lipinski definition) is 3. The van der Waals surface area contributed by atoms with E-state index in [2.05, 4.69) is 5.32 Å². The highest BCUT2D eigenvalue weighted by Gasteiger charge is 2.28. The van der Waals surface area contributed by atoms with Gasteiger partial charge in [0.2, 0.25) is 11.8 Å². The van der Waals surface area contributed by atoms with Crippen LogP contribution in [0.2, 0.25) is 0 Å². The Morgan fingerprint density at radius 3 is 2.71 bits per heavy atom. The van der Waals surface area contributed by atoms with E-state index in [1.165, 1.54) is 0 Å². The number of likely N-dealkylation sites (tertiary alicyclic amines) is 1. The van der Waals surface area contributed by atoms with Gasteiger partial charge in [0.15, 0.2) is 0 Å². The van der Waals surface area contributed by atoms with Gasteiger partial charge < -0.3 is 16.0 Å². The lowest BCUT2D eigenvalue weighted by Gasteiger charge is -2.34. The number of nitrogens with one attached hydrogen (secondary N) is 1. The second-order valence-corrected chi connectivity index (χ2v) is 6.73. The topological polar surface area (TPSA) is 75.4 Å². The van der Waals surface area contributed by atoms with Crippen molar-refractivity contribution in [3.63, 3.8) is 0 Å². The van der Waals surface area contributed by atoms with Crippen molar-refractivity contribution in [3.8, 4) is 0 Å². The first-order valence-corrected chi connectivity index (χ1v) is 8.89. The molecule has 2 amide bonds. The number of nitrogens with two attached hydrogens (primary N) is 1. The summed E-state index contributed by atoms with van der Waals surface area (Å²) in [6, 6.07) is 7.18. The molecule has 1 aliphatic rings. The number of amides is 2. The van der Waals surface area contributed by atoms with Crippen LogP contribution < -0.4 is 11.1 Å². The Morgan fingerprint density at radius 1 is 1.33 bits per heavy atom. The summed E-state index contributed by atoms with van der Waals surface area (Å²) in [6.07, 6.45) is 3.41. The van der Waals surface area contributed by atoms with Crippen molar-refractivity contribution in [2.75, 3.05) is 19.6 Å². The van der Waals surface area contributed by atoms with E-state index in [1.807, 2.05) is 43.0 Å². The summed E-state index contributed by atoms with van der Waals surface area (Å²) in [4.78, 5) is 26.1. The van der Waals surface area contributed by atoms with E-state index in [0.717, 1.165) is 36.9 Å². The third kappa shape index (κ3) is 5.06. The van der Waals surface area contributed by atoms with Gasteiger partial charge in [-0.1, -0.05) is 36.8 Å². The van der Waals surface area contributed by atoms with Gasteiger partial charge in [0.05, 0.1) is 0 Å². The van der Waals surface area contributed by atoms with Gasteiger partial charge in [-0.05, 0) is 37.7 Å². The zero-order chi connectivity index (χ0) is 17.5. The molecule has 0 spiro atoms. The molecule has 3 N–H and O–H groups in total. The monoisotopic (exact) mass is 331 g/mol. The van der Waals surface area contributed by atoms with Gasteiger partial charge in [-0.25, -0.2) is 0 Å². The number of rotatable bonds is 6. The number of carbonyl (C=O) groups excluding carboxylic acids is 2. The highest BCUT2D eigenvalue weighted by molar-refractivity contribution is 5.83. The maximum absolute atomic E-state index is 12.7. The van der Waals surface area contributed by atoms with Crippen molar-refractivity contribution < 1.29 is 9.59 Å². The molecule has 1 fully saturated rings. The van der Waals surface area contributed by atoms with Gasteiger partial charge in [-0.3, -0.25) is 9.59 Å². The molecule has 2 rings (SSSR count). The molecule has 5 heteroatoms. The standard InChI is InChI=1S/C19H29N3O2/c1-3-5-17(23)21-12-15-6-4-11-22(13-15)19(24)18(20)16-9-7-14(2)8-10-16/h7-10,15,18H,3-6,11-13,20H2,1-2H3,(H,21,23). The summed E-state index contributed by atoms with van der Waals surface area (Å²) >= 11 is 0. The molecule has 2 atom stereocenters. The third-order valence-corrected chi connectivity index (χ3v) is 4.60. The zero-order valence-corrected chi connectivity index (χ0v) is 14.8. The third-order valence-electron chi connectivity index (χ3n) is 4.60. The second kappa shape index (κ2) is 8.83. The summed E-state index contributed by atoms with van der Waals surface area (Å²) in [7, 11) is 0. The summed E-state index contributed by atoms with van der Waals surface area (Å²) < 4.78 is 0. The first-order valence-electron chi connectivity index (χ1n) is 8.89. The lowest BCUT2D eigenvalue weighted by atomic mass is 9.96. The minimum atomic E-state index is -0.612. The molecule has 5 nitrogen and oxygen atoms in total. The smallest absolute Gasteiger partial charge is 0.244 e. The van der Waals surface area contributed by atoms with Gasteiger partial charge in [-0.15, -0.1) is 0 Å². The molecule has 0 saturated carbocycles. The molecule has 1 aromatic carbocycles. The molecule has 0 aliphatic carbocycles. The van der Waals surface area contributed by atoms with Crippen molar-refractivity contribution in [1.29, 1.82) is 0 Å². The van der Waals surface area contributed by atoms with Gasteiger partial charge in [0.25, 0.3) is 0 Å². The van der Waals surface area contributed by atoms with Crippen molar-refractivity contribution in [1.82, 2.24) is 10.2 Å². The largest absolute Gasteiger partial charge is 0.356 e. The Hall–Kier alpha value is -1.88. The summed E-state index contributed by atoms with van der Waals surface area (Å²) in [5, 5.41) is 2.97. The highest BCUT2D eigenvalue weighted by atomic mass is 16.2. The molecule has 1 saturated heterocycles. The Kier molecular flexibility index (Phi) is 6.79. The van der Waals surface area contributed by atoms with Crippen LogP contribution in [0.5, 0.6) is 0 Å². The van der Waals surface area contributed by atoms with Gasteiger partial charge in [0, 0.05) is 26.1 Å². The van der Waals surface area contributed by atoms with Crippen molar-refractivity contribution in [2.24, 2.45) is 11.7 Å². The van der Waals surface area contributed by atoms with Gasteiger partial charge in [0.1, 0.15) is 6.04 Å². The quantitative estimate of drug-likeness (QED) is 0.838. The summed E-state index contributed by atoms with van der Waals surface area (Å²) in [6.45, 7) is 6.07. The SMILES string of the molecule is CCCC(=O)NCC1CCCN(C(=O)C(N)c2ccc(C)cc2)C1. The average Bonchev–Trinajstić information content (AvgIpc) is 2.60. The Balaban J connectivity index is 1.89. The molecule has 24 heavy (non-hydrogen) atoms. The summed E-state index contributed by atoms with van der Waals surface area (Å²) in [5.74, 6) is 0.384. The van der Waals surface area contributed by atoms with Gasteiger partial charge >= 0.3 is 0 Å². The van der Waals surface area contributed by atoms with Crippen LogP contribution >= 0.6 is 0 Å². The van der Waals surface area contributed by atoms with Crippen LogP contribution in [0.3, 0.4) is 0 Å². The van der Waals surface area contributed by atoms with Crippen LogP contribution in [0.25, 0.3) is 0 Å². The molecular weight excluding hydrogens is 302 g/mol. The van der Waals surface area contributed by atoms with E-state index in [1.54, 1.807) is 0 Å². The Morgan fingerprint density at radius 2 is 2.04 bits per heavy atom. The molecule has 1 aliphatic heterocycles. The molecule has 0 bridgehead atoms. The Bertz CT molecular complexity index is 556. The number of nitrogens with zero attached hydrogens (tertiary/aromatic N) is 1. The number of benzene rings is 1. The number of piperidine rings is 1. The first kappa shape index (κ1) is 18.5. The predicted octanol–water partition coefficient (Wildman–Crippen LogP) is 2.15. The van der Waals surface area contributed by atoms with Crippen molar-refractivity contribution >= 4 is 11.8 Å². The van der Waals surface area contributed by atoms with Crippen LogP contribution in [0.15, 0.2) is 24.3 Å². The second-order valence-electron chi connectivity index (χ2n) is 6.73. The molecular formula is C19H29N3O2. The molecule has 132 valence electrons. The summed E-state index contributed by atoms with van der Waals surface area (Å²) in [5.41, 5.74) is 8.17. The van der Waals surface area contributed by atoms with E-state index in [4.69, 9.17) is 5.73 Å². The maximum Gasteiger partial charge on any atom is 0.244 e. The lowest BCUT2D eigenvalue weighted by Crippen LogP contribution is -2.46. The molecule has 1 aromatic rings. The average molecular weight is 331 g/mol. The van der Waals surface area contributed by atoms with E-state index in [-0.39, 0.29) is 11.8 Å². The van der Waals surface area contributed by atoms with E-state index < -0.39 is 6.04 Å². The van der Waals surface area contributed by atoms with E-state index in [9.17, 15) is 9.59 Å². The van der Waals surface area contributed by atoms with E-state index in [0.29, 0.717) is 25.4 Å². The van der Waals surface area contributed by atoms with Crippen LogP contribution in [0, 0.1) is 12.8 Å². The minimum absolute atomic E-state index is 0.0246. The normalized spacial score (nSPS) is 19.0. The maximum atomic E-state index is 12.7. The number of carbonyl (C=O) groups is 2. The van der Waals surface area contributed by atoms with E-state index >= 15 is 0 Å². The minimum Gasteiger partial charge on any atom is -0.356 e. The van der Waals surface area contributed by atoms with Crippen LogP contribution in [-0.2, 0) is 9.59 Å². The molecule has 2 unspecified atom stereocenters. The molecule has 1 heterocycles. The number of hydrogen-bond donors (Lipinski definition) is 2. The van der Waals surface area contributed by atoms with Crippen LogP contribution in [0.4, 0.5) is 0 Å². The Labute approximate surface area is 144 Å². The lowest BCUT2D eigenvalue weighted by molar-refractivity contribution is -0.134. The fourth-order valence-electron chi connectivity index (χ4n) is 3.12. The molecule has 0 radical (unpaired) electrons. The predicted molar refractivity (Wildman–Crippen MR) is 95.3 cm³/mol. The highest BCUT2D eigenvalue weighted by Crippen LogP contribution is 2.20. The van der Waals surface area contributed by atoms with Crippen molar-refractivity contribution in [2.45, 2.75) is 45.6 Å². The number of aryl methyl sites for hydroxylation is 1. The first-order chi connectivity index (χ1) is 11.5. The van der Waals surface area contributed by atoms with Gasteiger partial charge in [-0.2, -0.15) is 0 Å². The fourth-order valence-corrected chi connectivity index (χ4v) is 3.12. The van der Waals surface area contributed by atoms with Crippen molar-refractivity contribution in [3.05, 3.63) is 35.4 Å². The van der Waals surface area contributed by atoms with Crippen LogP contribution in [-0.4, -0.2) is 36.3 Å². The molecule has 0 aromatic heterocycles. The zero-order valence-electron chi connectivity index (χ0n) is 14.8. The fraction of sp³-hybridized carbons (Fsp3) is 0.579. The van der Waals surface area contributed by atoms with Crippen LogP contribution in [0.1, 0.15) is 49.8 Å².